The largest absolute Gasteiger partial charge is 0.302 e. The number of hydrogen-bond donors (Lipinski definition) is 2. The van der Waals surface area contributed by atoms with Crippen LogP contribution in [0.15, 0.2) is 54.7 Å². The topological polar surface area (TPSA) is 75.6 Å². The van der Waals surface area contributed by atoms with Gasteiger partial charge in [0.2, 0.25) is 5.91 Å². The fourth-order valence-electron chi connectivity index (χ4n) is 3.18. The summed E-state index contributed by atoms with van der Waals surface area (Å²) in [6, 6.07) is 15.7. The van der Waals surface area contributed by atoms with Crippen LogP contribution in [0.2, 0.25) is 5.02 Å². The first kappa shape index (κ1) is 21.4. The van der Waals surface area contributed by atoms with E-state index in [1.165, 1.54) is 11.3 Å². The van der Waals surface area contributed by atoms with Gasteiger partial charge in [-0.05, 0) is 42.9 Å². The molecule has 4 aromatic rings. The molecule has 0 bridgehead atoms. The van der Waals surface area contributed by atoms with Gasteiger partial charge in [-0.25, -0.2) is 4.98 Å². The number of nitrogens with one attached hydrogen (secondary N) is 2. The maximum absolute atomic E-state index is 12.5. The summed E-state index contributed by atoms with van der Waals surface area (Å²) in [4.78, 5) is 17.9. The minimum absolute atomic E-state index is 0.120. The Morgan fingerprint density at radius 3 is 2.84 bits per heavy atom. The molecule has 6 nitrogen and oxygen atoms in total. The Bertz CT molecular complexity index is 1260. The molecule has 0 aliphatic heterocycles. The van der Waals surface area contributed by atoms with E-state index in [-0.39, 0.29) is 12.3 Å². The number of aromatic nitrogens is 4. The first-order valence-electron chi connectivity index (χ1n) is 9.69. The van der Waals surface area contributed by atoms with Crippen LogP contribution in [0.25, 0.3) is 11.4 Å². The number of carbonyl (C=O) groups is 1. The van der Waals surface area contributed by atoms with E-state index in [2.05, 4.69) is 20.5 Å². The van der Waals surface area contributed by atoms with Crippen molar-refractivity contribution in [1.82, 2.24) is 19.7 Å². The van der Waals surface area contributed by atoms with E-state index in [4.69, 9.17) is 23.8 Å². The van der Waals surface area contributed by atoms with Crippen LogP contribution < -0.4 is 5.32 Å². The number of carbonyl (C=O) groups excluding carboxylic acids is 1. The number of thiazole rings is 1. The van der Waals surface area contributed by atoms with E-state index in [0.29, 0.717) is 21.5 Å². The van der Waals surface area contributed by atoms with E-state index >= 15 is 0 Å². The Morgan fingerprint density at radius 2 is 2.06 bits per heavy atom. The number of halogens is 1. The van der Waals surface area contributed by atoms with E-state index in [1.54, 1.807) is 6.20 Å². The predicted octanol–water partition coefficient (Wildman–Crippen LogP) is 5.65. The summed E-state index contributed by atoms with van der Waals surface area (Å²) in [5.74, 6) is 0.603. The Labute approximate surface area is 193 Å². The summed E-state index contributed by atoms with van der Waals surface area (Å²) in [6.07, 6.45) is 2.80. The highest BCUT2D eigenvalue weighted by atomic mass is 35.5. The molecule has 2 heterocycles. The molecular formula is C22H20ClN5OS2. The van der Waals surface area contributed by atoms with E-state index in [9.17, 15) is 4.79 Å². The minimum atomic E-state index is -0.120. The maximum atomic E-state index is 12.5. The van der Waals surface area contributed by atoms with Gasteiger partial charge >= 0.3 is 0 Å². The molecule has 0 unspecified atom stereocenters. The van der Waals surface area contributed by atoms with Crippen LogP contribution in [0.4, 0.5) is 5.13 Å². The standard InChI is InChI=1S/C22H20ClN5OS2/c1-14-3-2-4-16(11-14)20-26-27-22(30)28(20)10-9-19(29)25-21-24-13-18(31-21)12-15-5-7-17(23)8-6-15/h2-8,11,13H,9-10,12H2,1H3,(H,27,30)(H,24,25,29). The second kappa shape index (κ2) is 9.55. The average molecular weight is 470 g/mol. The van der Waals surface area contributed by atoms with Gasteiger partial charge in [0.15, 0.2) is 15.7 Å². The summed E-state index contributed by atoms with van der Waals surface area (Å²) >= 11 is 12.8. The first-order valence-corrected chi connectivity index (χ1v) is 11.3. The molecule has 2 N–H and O–H groups in total. The Hall–Kier alpha value is -2.81. The van der Waals surface area contributed by atoms with Crippen LogP contribution in [0.3, 0.4) is 0 Å². The highest BCUT2D eigenvalue weighted by Crippen LogP contribution is 2.23. The second-order valence-corrected chi connectivity index (χ2v) is 9.04. The molecule has 158 valence electrons. The smallest absolute Gasteiger partial charge is 0.227 e. The van der Waals surface area contributed by atoms with Crippen molar-refractivity contribution >= 4 is 46.2 Å². The Kier molecular flexibility index (Phi) is 6.60. The molecule has 0 aliphatic rings. The number of nitrogens with zero attached hydrogens (tertiary/aromatic N) is 3. The third kappa shape index (κ3) is 5.46. The number of H-pyrrole nitrogens is 1. The van der Waals surface area contributed by atoms with Crippen LogP contribution >= 0.6 is 35.2 Å². The lowest BCUT2D eigenvalue weighted by atomic mass is 10.1. The van der Waals surface area contributed by atoms with Crippen molar-refractivity contribution in [2.75, 3.05) is 5.32 Å². The number of aryl methyl sites for hydroxylation is 1. The number of anilines is 1. The third-order valence-electron chi connectivity index (χ3n) is 4.69. The molecule has 9 heteroatoms. The maximum Gasteiger partial charge on any atom is 0.227 e. The number of aromatic amines is 1. The zero-order chi connectivity index (χ0) is 21.8. The summed E-state index contributed by atoms with van der Waals surface area (Å²) in [5.41, 5.74) is 3.23. The highest BCUT2D eigenvalue weighted by Gasteiger charge is 2.12. The quantitative estimate of drug-likeness (QED) is 0.343. The molecule has 0 saturated carbocycles. The lowest BCUT2D eigenvalue weighted by Gasteiger charge is -2.07. The summed E-state index contributed by atoms with van der Waals surface area (Å²) < 4.78 is 2.33. The lowest BCUT2D eigenvalue weighted by Crippen LogP contribution is -2.15. The second-order valence-electron chi connectivity index (χ2n) is 7.11. The zero-order valence-electron chi connectivity index (χ0n) is 16.8. The van der Waals surface area contributed by atoms with Crippen LogP contribution in [0.1, 0.15) is 22.4 Å². The lowest BCUT2D eigenvalue weighted by molar-refractivity contribution is -0.116. The van der Waals surface area contributed by atoms with Gasteiger partial charge in [0.25, 0.3) is 0 Å². The molecule has 0 aliphatic carbocycles. The van der Waals surface area contributed by atoms with Crippen LogP contribution in [-0.4, -0.2) is 25.7 Å². The van der Waals surface area contributed by atoms with Gasteiger partial charge < -0.3 is 5.32 Å². The fourth-order valence-corrected chi connectivity index (χ4v) is 4.39. The molecule has 31 heavy (non-hydrogen) atoms. The van der Waals surface area contributed by atoms with E-state index in [0.717, 1.165) is 33.8 Å². The first-order chi connectivity index (χ1) is 15.0. The summed E-state index contributed by atoms with van der Waals surface area (Å²) in [6.45, 7) is 2.45. The average Bonchev–Trinajstić information content (AvgIpc) is 3.34. The molecule has 0 radical (unpaired) electrons. The van der Waals surface area contributed by atoms with Crippen LogP contribution in [0, 0.1) is 11.7 Å². The highest BCUT2D eigenvalue weighted by molar-refractivity contribution is 7.71. The molecule has 4 rings (SSSR count). The van der Waals surface area contributed by atoms with Crippen LogP contribution in [-0.2, 0) is 17.8 Å². The summed E-state index contributed by atoms with van der Waals surface area (Å²) in [7, 11) is 0. The molecule has 2 aromatic carbocycles. The zero-order valence-corrected chi connectivity index (χ0v) is 19.2. The van der Waals surface area contributed by atoms with Gasteiger partial charge in [-0.3, -0.25) is 14.5 Å². The van der Waals surface area contributed by atoms with Crippen molar-refractivity contribution in [3.8, 4) is 11.4 Å². The van der Waals surface area contributed by atoms with Crippen molar-refractivity contribution < 1.29 is 4.79 Å². The number of hydrogen-bond acceptors (Lipinski definition) is 5. The molecule has 0 atom stereocenters. The number of amides is 1. The van der Waals surface area contributed by atoms with Crippen molar-refractivity contribution in [1.29, 1.82) is 0 Å². The van der Waals surface area contributed by atoms with Gasteiger partial charge in [0, 0.05) is 41.0 Å². The molecule has 1 amide bonds. The van der Waals surface area contributed by atoms with Gasteiger partial charge in [-0.1, -0.05) is 47.5 Å². The van der Waals surface area contributed by atoms with Crippen molar-refractivity contribution in [2.24, 2.45) is 0 Å². The van der Waals surface area contributed by atoms with Crippen LogP contribution in [0.5, 0.6) is 0 Å². The molecule has 2 aromatic heterocycles. The van der Waals surface area contributed by atoms with Crippen molar-refractivity contribution in [2.45, 2.75) is 26.3 Å². The Morgan fingerprint density at radius 1 is 1.26 bits per heavy atom. The Balaban J connectivity index is 1.37. The minimum Gasteiger partial charge on any atom is -0.302 e. The van der Waals surface area contributed by atoms with Gasteiger partial charge in [-0.15, -0.1) is 11.3 Å². The monoisotopic (exact) mass is 469 g/mol. The number of benzene rings is 2. The fraction of sp³-hybridized carbons (Fsp3) is 0.182. The van der Waals surface area contributed by atoms with Crippen molar-refractivity contribution in [3.05, 3.63) is 80.5 Å². The predicted molar refractivity (Wildman–Crippen MR) is 127 cm³/mol. The van der Waals surface area contributed by atoms with Gasteiger partial charge in [0.1, 0.15) is 0 Å². The third-order valence-corrected chi connectivity index (χ3v) is 6.16. The summed E-state index contributed by atoms with van der Waals surface area (Å²) in [5, 5.41) is 11.3. The molecule has 0 fully saturated rings. The van der Waals surface area contributed by atoms with Gasteiger partial charge in [-0.2, -0.15) is 5.10 Å². The molecular weight excluding hydrogens is 450 g/mol. The molecule has 0 spiro atoms. The SMILES string of the molecule is Cc1cccc(-c2n[nH]c(=S)n2CCC(=O)Nc2ncc(Cc3ccc(Cl)cc3)s2)c1. The van der Waals surface area contributed by atoms with Crippen molar-refractivity contribution in [3.63, 3.8) is 0 Å². The van der Waals surface area contributed by atoms with E-state index < -0.39 is 0 Å². The van der Waals surface area contributed by atoms with Gasteiger partial charge in [0.05, 0.1) is 0 Å². The van der Waals surface area contributed by atoms with E-state index in [1.807, 2.05) is 60.0 Å². The normalized spacial score (nSPS) is 10.9. The number of rotatable bonds is 7. The molecule has 0 saturated heterocycles.